The Kier molecular flexibility index (Phi) is 16.6. The van der Waals surface area contributed by atoms with Crippen molar-refractivity contribution in [2.75, 3.05) is 0 Å². The SMILES string of the molecule is O=C1CC(=O)c2ccc3c4c(ccc1c24)C(=O)NC3=O.O=C1NC(=O)c2ccc3c4c(ccc1c24)C(=O)NC3=O.O=C1NC(=O)c2ccc3c4ccc5c6c(ccc(c7ccc1c2c73)c64)C(=O)NC5=O.O=C1OC(=O)c2ccc3c4c(ccc1c24)C(=O)OC3=O.O=C1OC(=O)c2ccc3c4ccc5c6c(ccc(c7ccc1c2c73)c64)C(=O)OC5=O.O=c1oc(=O)c2cc3cc4c(=O)oc(=O)c4cc3cc12. The zero-order chi connectivity index (χ0) is 96.7. The van der Waals surface area contributed by atoms with Gasteiger partial charge in [-0.1, -0.05) is 48.5 Å². The number of imide groups is 5. The molecule has 1 aliphatic carbocycles. The number of carbonyl (C=O) groups excluding carboxylic acids is 20. The number of furan rings is 2. The molecule has 30 rings (SSSR count). The maximum absolute atomic E-state index is 12.4. The van der Waals surface area contributed by atoms with Crippen molar-refractivity contribution >= 4 is 269 Å². The van der Waals surface area contributed by atoms with Gasteiger partial charge in [0.2, 0.25) is 0 Å². The summed E-state index contributed by atoms with van der Waals surface area (Å²) in [4.78, 5) is 287. The summed E-state index contributed by atoms with van der Waals surface area (Å²) in [6, 6.07) is 51.8. The van der Waals surface area contributed by atoms with Crippen LogP contribution in [-0.2, 0) is 18.9 Å². The van der Waals surface area contributed by atoms with E-state index in [0.717, 1.165) is 64.6 Å². The molecule has 11 heterocycles. The second-order valence-corrected chi connectivity index (χ2v) is 33.6. The first-order chi connectivity index (χ1) is 67.4. The van der Waals surface area contributed by atoms with Gasteiger partial charge in [0.15, 0.2) is 11.6 Å². The minimum absolute atomic E-state index is 0.153. The van der Waals surface area contributed by atoms with Gasteiger partial charge in [0.05, 0.1) is 72.5 Å². The van der Waals surface area contributed by atoms with Crippen molar-refractivity contribution in [1.29, 1.82) is 0 Å². The molecule has 5 N–H and O–H groups in total. The lowest BCUT2D eigenvalue weighted by molar-refractivity contribution is 0.0366. The van der Waals surface area contributed by atoms with Crippen LogP contribution in [0.2, 0.25) is 0 Å². The molecule has 10 aliphatic rings. The van der Waals surface area contributed by atoms with Crippen molar-refractivity contribution in [3.05, 3.63) is 347 Å². The van der Waals surface area contributed by atoms with Gasteiger partial charge >= 0.3 is 70.3 Å². The van der Waals surface area contributed by atoms with Crippen LogP contribution >= 0.6 is 0 Å². The molecule has 20 aromatic rings. The predicted molar refractivity (Wildman–Crippen MR) is 489 cm³/mol. The van der Waals surface area contributed by atoms with E-state index in [1.165, 1.54) is 84.9 Å². The highest BCUT2D eigenvalue weighted by atomic mass is 16.6. The van der Waals surface area contributed by atoms with E-state index < -0.39 is 129 Å². The summed E-state index contributed by atoms with van der Waals surface area (Å²) in [5.41, 5.74) is 3.63. The maximum atomic E-state index is 12.4. The van der Waals surface area contributed by atoms with Crippen LogP contribution in [-0.4, -0.2) is 118 Å². The number of ketones is 2. The molecule has 10 amide bonds. The van der Waals surface area contributed by atoms with E-state index in [0.29, 0.717) is 143 Å². The Morgan fingerprint density at radius 1 is 0.150 bits per heavy atom. The standard InChI is InChI=1S/C24H10N2O4.C24H8O6.C15H7NO4.C14H6N2O4.2C14H4O6/c27-21-13-5-1-9-10-2-6-15-20-16(24(30)26-23(15)29)8-4-12(18(10)20)11-3-7-14(22(28)25-21)19(13)17(9)11;25-21-13-5-1-9-10-2-6-15-20-16(24(28)30-23(15)27)8-4-12(18(10)20)11-3-7-14(22(26)29-21)19(13)17(9)11;17-10-5-11(18)7-2-4-9-13-8(14(19)16-15(9)20)3-1-6(10)12(7)13;17-11-5-1-2-6-10-8(14(20)16-12(6)18)4-3-7(9(5)10)13(19)15-11;15-11-7-1-5-2-9-10(14(18)20-13(9)17)4-6(5)3-8(7)12(16)19-11;15-11-5-1-2-6-10-8(14(18)20-12(6)16)4-3-7(9(5)10)13(17)19-11/h1-8H,(H,25,27,28)(H,26,29,30);1-8H;1-4H,5H2,(H,16,19,20);1-4H,(H,15,17,19)(H,16,18,20);2*1-4H. The molecule has 35 heteroatoms. The Balaban J connectivity index is 0.0000000896. The van der Waals surface area contributed by atoms with Crippen molar-refractivity contribution in [2.24, 2.45) is 0 Å². The molecule has 0 saturated carbocycles. The largest absolute Gasteiger partial charge is 0.386 e. The van der Waals surface area contributed by atoms with Crippen LogP contribution in [0.4, 0.5) is 0 Å². The summed E-state index contributed by atoms with van der Waals surface area (Å²) in [6.07, 6.45) is -0.166. The topological polar surface area (TPSA) is 533 Å². The van der Waals surface area contributed by atoms with Gasteiger partial charge in [-0.15, -0.1) is 0 Å². The third-order valence-electron chi connectivity index (χ3n) is 26.7. The van der Waals surface area contributed by atoms with Crippen molar-refractivity contribution in [1.82, 2.24) is 26.6 Å². The number of nitrogens with one attached hydrogen (secondary N) is 5. The van der Waals surface area contributed by atoms with Crippen LogP contribution in [0, 0.1) is 0 Å². The molecule has 0 spiro atoms. The third kappa shape index (κ3) is 11.2. The molecule has 0 atom stereocenters. The highest BCUT2D eigenvalue weighted by Gasteiger charge is 2.41. The third-order valence-corrected chi connectivity index (χ3v) is 26.7. The van der Waals surface area contributed by atoms with Crippen LogP contribution in [0.5, 0.6) is 0 Å². The Hall–Kier alpha value is -20.5. The summed E-state index contributed by atoms with van der Waals surface area (Å²) in [7, 11) is 0. The van der Waals surface area contributed by atoms with E-state index in [1.54, 1.807) is 60.7 Å². The molecular formula is C105H39N5O30. The van der Waals surface area contributed by atoms with Gasteiger partial charge in [0, 0.05) is 121 Å². The van der Waals surface area contributed by atoms with Crippen molar-refractivity contribution < 1.29 is 124 Å². The normalized spacial score (nSPS) is 15.3. The Labute approximate surface area is 769 Å². The fourth-order valence-electron chi connectivity index (χ4n) is 20.7. The van der Waals surface area contributed by atoms with Gasteiger partial charge in [-0.25, -0.2) is 57.5 Å². The summed E-state index contributed by atoms with van der Waals surface area (Å²) in [6.45, 7) is 0. The van der Waals surface area contributed by atoms with E-state index in [1.807, 2.05) is 48.5 Å². The van der Waals surface area contributed by atoms with Gasteiger partial charge in [-0.2, -0.15) is 0 Å². The van der Waals surface area contributed by atoms with Gasteiger partial charge < -0.3 is 27.8 Å². The molecule has 0 bridgehead atoms. The number of amides is 10. The Morgan fingerprint density at radius 3 is 0.479 bits per heavy atom. The Morgan fingerprint density at radius 2 is 0.286 bits per heavy atom. The number of rotatable bonds is 0. The van der Waals surface area contributed by atoms with Gasteiger partial charge in [-0.3, -0.25) is 84.1 Å². The zero-order valence-corrected chi connectivity index (χ0v) is 69.9. The fraction of sp³-hybridized carbons (Fsp3) is 0.00952. The smallest absolute Gasteiger partial charge is 0.346 e. The predicted octanol–water partition coefficient (Wildman–Crippen LogP) is 12.1. The molecule has 140 heavy (non-hydrogen) atoms. The minimum Gasteiger partial charge on any atom is -0.386 e. The summed E-state index contributed by atoms with van der Waals surface area (Å²) in [5, 5.41) is 27.9. The van der Waals surface area contributed by atoms with E-state index in [2.05, 4.69) is 44.9 Å². The molecule has 0 fully saturated rings. The first-order valence-electron chi connectivity index (χ1n) is 42.1. The monoisotopic (exact) mass is 1850 g/mol. The number of benzene rings is 18. The summed E-state index contributed by atoms with van der Waals surface area (Å²) >= 11 is 0. The van der Waals surface area contributed by atoms with Crippen molar-refractivity contribution in [2.45, 2.75) is 6.42 Å². The van der Waals surface area contributed by atoms with Crippen LogP contribution in [0.25, 0.3) is 151 Å². The number of hydrogen-bond donors (Lipinski definition) is 5. The zero-order valence-electron chi connectivity index (χ0n) is 69.9. The lowest BCUT2D eigenvalue weighted by Crippen LogP contribution is -2.38. The van der Waals surface area contributed by atoms with Gasteiger partial charge in [-0.05, 0) is 221 Å². The average molecular weight is 1850 g/mol. The van der Waals surface area contributed by atoms with E-state index >= 15 is 0 Å². The van der Waals surface area contributed by atoms with Crippen LogP contribution < -0.4 is 49.1 Å². The summed E-state index contributed by atoms with van der Waals surface area (Å²) in [5.74, 6) is -11.1. The lowest BCUT2D eigenvalue weighted by Gasteiger charge is -2.23. The van der Waals surface area contributed by atoms with E-state index in [4.69, 9.17) is 9.47 Å². The molecule has 664 valence electrons. The highest BCUT2D eigenvalue weighted by Crippen LogP contribution is 2.50. The van der Waals surface area contributed by atoms with Gasteiger partial charge in [0.25, 0.3) is 59.1 Å². The molecule has 0 unspecified atom stereocenters. The van der Waals surface area contributed by atoms with Gasteiger partial charge in [0.1, 0.15) is 0 Å². The van der Waals surface area contributed by atoms with Crippen LogP contribution in [0.15, 0.2) is 222 Å². The molecular weight excluding hydrogens is 1810 g/mol. The van der Waals surface area contributed by atoms with E-state index in [-0.39, 0.29) is 72.6 Å². The van der Waals surface area contributed by atoms with Crippen molar-refractivity contribution in [3.63, 3.8) is 0 Å². The van der Waals surface area contributed by atoms with Crippen LogP contribution in [0.3, 0.4) is 0 Å². The summed E-state index contributed by atoms with van der Waals surface area (Å²) < 4.78 is 28.0. The average Bonchev–Trinajstić information content (AvgIpc) is 1.24. The number of hydrogen-bond acceptors (Lipinski definition) is 30. The second kappa shape index (κ2) is 28.5. The molecule has 2 aromatic heterocycles. The number of fused-ring (bicyclic) bond motifs is 7. The molecule has 35 nitrogen and oxygen atoms in total. The van der Waals surface area contributed by atoms with E-state index in [9.17, 15) is 115 Å². The number of cyclic esters (lactones) is 8. The number of carbonyl (C=O) groups is 20. The first-order valence-corrected chi connectivity index (χ1v) is 42.1. The molecule has 9 aliphatic heterocycles. The quantitative estimate of drug-likeness (QED) is 0.0235. The fourth-order valence-corrected chi connectivity index (χ4v) is 20.7. The number of ether oxygens (including phenoxy) is 4. The first kappa shape index (κ1) is 81.5. The Bertz CT molecular complexity index is 8510. The number of esters is 8. The maximum Gasteiger partial charge on any atom is 0.346 e. The molecule has 0 saturated heterocycles. The lowest BCUT2D eigenvalue weighted by atomic mass is 9.82. The highest BCUT2D eigenvalue weighted by molar-refractivity contribution is 6.45. The van der Waals surface area contributed by atoms with Crippen molar-refractivity contribution in [3.8, 4) is 0 Å². The van der Waals surface area contributed by atoms with Crippen LogP contribution in [0.1, 0.15) is 214 Å². The second-order valence-electron chi connectivity index (χ2n) is 33.6. The molecule has 18 aromatic carbocycles. The number of Topliss-reactive ketones (excluding diaryl/α,β-unsaturated/α-hetero) is 2. The molecule has 0 radical (unpaired) electrons. The minimum atomic E-state index is -0.794.